The second-order valence-electron chi connectivity index (χ2n) is 3.16. The second kappa shape index (κ2) is 6.95. The Kier molecular flexibility index (Phi) is 5.40. The number of hydrogen-bond acceptors (Lipinski definition) is 4. The van der Waals surface area contributed by atoms with Crippen molar-refractivity contribution < 1.29 is 4.74 Å². The van der Waals surface area contributed by atoms with Crippen molar-refractivity contribution in [3.8, 4) is 5.88 Å². The number of hydrogen-bond donors (Lipinski definition) is 1. The van der Waals surface area contributed by atoms with E-state index in [9.17, 15) is 0 Å². The van der Waals surface area contributed by atoms with E-state index in [1.807, 2.05) is 13.1 Å². The predicted octanol–water partition coefficient (Wildman–Crippen LogP) is 1.54. The fraction of sp³-hybridized carbons (Fsp3) is 0.455. The van der Waals surface area contributed by atoms with E-state index in [-0.39, 0.29) is 0 Å². The van der Waals surface area contributed by atoms with Gasteiger partial charge in [0.15, 0.2) is 0 Å². The van der Waals surface area contributed by atoms with E-state index < -0.39 is 0 Å². The van der Waals surface area contributed by atoms with Crippen molar-refractivity contribution >= 4 is 0 Å². The van der Waals surface area contributed by atoms with Gasteiger partial charge in [-0.25, -0.2) is 4.98 Å². The van der Waals surface area contributed by atoms with Crippen molar-refractivity contribution in [3.63, 3.8) is 0 Å². The van der Waals surface area contributed by atoms with E-state index in [0.29, 0.717) is 12.5 Å². The number of nitrogens with zero attached hydrogens (tertiary/aromatic N) is 2. The topological polar surface area (TPSA) is 47.0 Å². The predicted molar refractivity (Wildman–Crippen MR) is 59.7 cm³/mol. The van der Waals surface area contributed by atoms with E-state index in [4.69, 9.17) is 4.74 Å². The molecule has 0 aliphatic rings. The summed E-state index contributed by atoms with van der Waals surface area (Å²) >= 11 is 0. The molecule has 1 aromatic heterocycles. The first kappa shape index (κ1) is 11.7. The molecule has 0 bridgehead atoms. The van der Waals surface area contributed by atoms with Gasteiger partial charge in [-0.1, -0.05) is 6.08 Å². The van der Waals surface area contributed by atoms with E-state index in [0.717, 1.165) is 25.1 Å². The van der Waals surface area contributed by atoms with Gasteiger partial charge in [0.05, 0.1) is 24.7 Å². The Balaban J connectivity index is 2.32. The lowest BCUT2D eigenvalue weighted by atomic mass is 10.3. The van der Waals surface area contributed by atoms with Crippen molar-refractivity contribution in [2.24, 2.45) is 0 Å². The van der Waals surface area contributed by atoms with Gasteiger partial charge < -0.3 is 10.1 Å². The third kappa shape index (κ3) is 4.56. The average molecular weight is 207 g/mol. The average Bonchev–Trinajstić information content (AvgIpc) is 2.27. The molecule has 0 saturated heterocycles. The molecule has 4 heteroatoms. The van der Waals surface area contributed by atoms with Crippen LogP contribution in [-0.2, 0) is 6.54 Å². The van der Waals surface area contributed by atoms with Gasteiger partial charge >= 0.3 is 0 Å². The maximum absolute atomic E-state index is 5.40. The maximum Gasteiger partial charge on any atom is 0.232 e. The lowest BCUT2D eigenvalue weighted by Crippen LogP contribution is -2.07. The Morgan fingerprint density at radius 1 is 1.47 bits per heavy atom. The highest BCUT2D eigenvalue weighted by atomic mass is 16.5. The molecule has 1 aromatic rings. The van der Waals surface area contributed by atoms with Crippen molar-refractivity contribution in [1.82, 2.24) is 15.3 Å². The van der Waals surface area contributed by atoms with Crippen molar-refractivity contribution in [3.05, 3.63) is 30.7 Å². The van der Waals surface area contributed by atoms with E-state index >= 15 is 0 Å². The summed E-state index contributed by atoms with van der Waals surface area (Å²) in [6.45, 7) is 5.03. The van der Waals surface area contributed by atoms with Crippen LogP contribution in [0, 0.1) is 0 Å². The summed E-state index contributed by atoms with van der Waals surface area (Å²) in [5.41, 5.74) is 0.913. The van der Waals surface area contributed by atoms with Crippen molar-refractivity contribution in [2.45, 2.75) is 19.4 Å². The Morgan fingerprint density at radius 2 is 2.33 bits per heavy atom. The molecule has 0 unspecified atom stereocenters. The highest BCUT2D eigenvalue weighted by Crippen LogP contribution is 2.04. The molecule has 0 aliphatic heterocycles. The molecule has 0 fully saturated rings. The van der Waals surface area contributed by atoms with Gasteiger partial charge in [0, 0.05) is 6.54 Å². The third-order valence-electron chi connectivity index (χ3n) is 1.84. The first-order chi connectivity index (χ1) is 7.36. The first-order valence-electron chi connectivity index (χ1n) is 5.06. The molecule has 0 saturated carbocycles. The summed E-state index contributed by atoms with van der Waals surface area (Å²) < 4.78 is 5.40. The summed E-state index contributed by atoms with van der Waals surface area (Å²) in [4.78, 5) is 8.34. The summed E-state index contributed by atoms with van der Waals surface area (Å²) in [6.07, 6.45) is 7.18. The van der Waals surface area contributed by atoms with Crippen LogP contribution in [0.5, 0.6) is 5.88 Å². The van der Waals surface area contributed by atoms with Gasteiger partial charge in [-0.2, -0.15) is 0 Å². The molecule has 1 heterocycles. The molecule has 1 N–H and O–H groups in total. The van der Waals surface area contributed by atoms with Gasteiger partial charge in [0.2, 0.25) is 5.88 Å². The molecule has 15 heavy (non-hydrogen) atoms. The molecule has 0 aromatic carbocycles. The van der Waals surface area contributed by atoms with Crippen molar-refractivity contribution in [1.29, 1.82) is 0 Å². The first-order valence-corrected chi connectivity index (χ1v) is 5.06. The lowest BCUT2D eigenvalue weighted by molar-refractivity contribution is 0.298. The summed E-state index contributed by atoms with van der Waals surface area (Å²) in [6, 6.07) is 0. The molecule has 0 atom stereocenters. The molecular formula is C11H17N3O. The number of rotatable bonds is 7. The molecule has 0 amide bonds. The maximum atomic E-state index is 5.40. The zero-order valence-electron chi connectivity index (χ0n) is 9.07. The van der Waals surface area contributed by atoms with Crippen LogP contribution in [-0.4, -0.2) is 23.6 Å². The number of unbranched alkanes of at least 4 members (excludes halogenated alkanes) is 1. The summed E-state index contributed by atoms with van der Waals surface area (Å²) in [5.74, 6) is 0.582. The number of ether oxygens (including phenoxy) is 1. The molecule has 0 radical (unpaired) electrons. The van der Waals surface area contributed by atoms with Crippen LogP contribution in [0.25, 0.3) is 0 Å². The zero-order valence-corrected chi connectivity index (χ0v) is 9.07. The van der Waals surface area contributed by atoms with Crippen LogP contribution in [0.1, 0.15) is 18.5 Å². The third-order valence-corrected chi connectivity index (χ3v) is 1.84. The molecule has 0 spiro atoms. The number of allylic oxidation sites excluding steroid dienone is 1. The second-order valence-corrected chi connectivity index (χ2v) is 3.16. The fourth-order valence-corrected chi connectivity index (χ4v) is 1.09. The summed E-state index contributed by atoms with van der Waals surface area (Å²) in [5, 5.41) is 3.01. The van der Waals surface area contributed by atoms with E-state index in [1.165, 1.54) is 0 Å². The van der Waals surface area contributed by atoms with Gasteiger partial charge in [-0.15, -0.1) is 6.58 Å². The van der Waals surface area contributed by atoms with Crippen LogP contribution < -0.4 is 10.1 Å². The zero-order chi connectivity index (χ0) is 10.9. The summed E-state index contributed by atoms with van der Waals surface area (Å²) in [7, 11) is 1.88. The Bertz CT molecular complexity index is 284. The lowest BCUT2D eigenvalue weighted by Gasteiger charge is -2.04. The van der Waals surface area contributed by atoms with Crippen LogP contribution in [0.4, 0.5) is 0 Å². The molecule has 1 rings (SSSR count). The van der Waals surface area contributed by atoms with E-state index in [1.54, 1.807) is 12.4 Å². The van der Waals surface area contributed by atoms with Gasteiger partial charge in [-0.05, 0) is 19.9 Å². The van der Waals surface area contributed by atoms with Crippen LogP contribution >= 0.6 is 0 Å². The molecule has 4 nitrogen and oxygen atoms in total. The SMILES string of the molecule is C=CCCCOc1cnc(CNC)cn1. The molecule has 82 valence electrons. The highest BCUT2D eigenvalue weighted by molar-refractivity contribution is 5.06. The quantitative estimate of drug-likeness (QED) is 0.544. The highest BCUT2D eigenvalue weighted by Gasteiger charge is 1.97. The minimum atomic E-state index is 0.582. The molecular weight excluding hydrogens is 190 g/mol. The monoisotopic (exact) mass is 207 g/mol. The standard InChI is InChI=1S/C11H17N3O/c1-3-4-5-6-15-11-9-13-10(7-12-2)8-14-11/h3,8-9,12H,1,4-7H2,2H3. The Labute approximate surface area is 90.4 Å². The molecule has 0 aliphatic carbocycles. The largest absolute Gasteiger partial charge is 0.477 e. The van der Waals surface area contributed by atoms with Crippen LogP contribution in [0.2, 0.25) is 0 Å². The van der Waals surface area contributed by atoms with Crippen LogP contribution in [0.15, 0.2) is 25.0 Å². The Morgan fingerprint density at radius 3 is 2.93 bits per heavy atom. The normalized spacial score (nSPS) is 9.93. The van der Waals surface area contributed by atoms with Gasteiger partial charge in [0.1, 0.15) is 0 Å². The van der Waals surface area contributed by atoms with Crippen molar-refractivity contribution in [2.75, 3.05) is 13.7 Å². The smallest absolute Gasteiger partial charge is 0.232 e. The fourth-order valence-electron chi connectivity index (χ4n) is 1.09. The van der Waals surface area contributed by atoms with Gasteiger partial charge in [0.25, 0.3) is 0 Å². The Hall–Kier alpha value is -1.42. The van der Waals surface area contributed by atoms with Gasteiger partial charge in [-0.3, -0.25) is 4.98 Å². The number of aromatic nitrogens is 2. The van der Waals surface area contributed by atoms with Crippen LogP contribution in [0.3, 0.4) is 0 Å². The van der Waals surface area contributed by atoms with E-state index in [2.05, 4.69) is 21.9 Å². The number of nitrogens with one attached hydrogen (secondary N) is 1. The minimum absolute atomic E-state index is 0.582. The minimum Gasteiger partial charge on any atom is -0.477 e.